The van der Waals surface area contributed by atoms with Gasteiger partial charge >= 0.3 is 0 Å². The van der Waals surface area contributed by atoms with E-state index < -0.39 is 0 Å². The molecule has 124 valence electrons. The summed E-state index contributed by atoms with van der Waals surface area (Å²) >= 11 is 0. The molecule has 0 nitrogen and oxygen atoms in total. The van der Waals surface area contributed by atoms with Crippen LogP contribution < -0.4 is 0 Å². The normalized spacial score (nSPS) is 13.5. The van der Waals surface area contributed by atoms with Gasteiger partial charge in [-0.3, -0.25) is 0 Å². The van der Waals surface area contributed by atoms with Crippen molar-refractivity contribution in [1.82, 2.24) is 0 Å². The fourth-order valence-corrected chi connectivity index (χ4v) is 2.36. The second-order valence-electron chi connectivity index (χ2n) is 8.61. The van der Waals surface area contributed by atoms with Gasteiger partial charge in [0.2, 0.25) is 0 Å². The number of halogens is 1. The predicted octanol–water partition coefficient (Wildman–Crippen LogP) is 6.95. The average Bonchev–Trinajstić information content (AvgIpc) is 2.42. The van der Waals surface area contributed by atoms with Crippen LogP contribution in [0.3, 0.4) is 0 Å². The summed E-state index contributed by atoms with van der Waals surface area (Å²) in [6.45, 7) is 13.8. The molecule has 0 aromatic heterocycles. The number of allylic oxidation sites excluding steroid dienone is 2. The van der Waals surface area contributed by atoms with Crippen molar-refractivity contribution in [1.29, 1.82) is 0 Å². The van der Waals surface area contributed by atoms with Crippen molar-refractivity contribution in [3.63, 3.8) is 0 Å². The van der Waals surface area contributed by atoms with E-state index in [1.807, 2.05) is 12.1 Å². The maximum Gasteiger partial charge on any atom is 0.123 e. The molecule has 22 heavy (non-hydrogen) atoms. The molecule has 0 aliphatic heterocycles. The van der Waals surface area contributed by atoms with Crippen LogP contribution in [0.2, 0.25) is 0 Å². The molecule has 0 spiro atoms. The van der Waals surface area contributed by atoms with Crippen molar-refractivity contribution in [2.24, 2.45) is 10.8 Å². The zero-order valence-corrected chi connectivity index (χ0v) is 15.3. The maximum absolute atomic E-state index is 12.9. The van der Waals surface area contributed by atoms with Gasteiger partial charge in [-0.25, -0.2) is 4.39 Å². The van der Waals surface area contributed by atoms with Gasteiger partial charge in [0.15, 0.2) is 0 Å². The largest absolute Gasteiger partial charge is 0.207 e. The lowest BCUT2D eigenvalue weighted by atomic mass is 9.82. The molecule has 1 rings (SSSR count). The van der Waals surface area contributed by atoms with E-state index in [2.05, 4.69) is 47.6 Å². The third-order valence-electron chi connectivity index (χ3n) is 4.28. The molecule has 0 bridgehead atoms. The summed E-state index contributed by atoms with van der Waals surface area (Å²) in [4.78, 5) is 0. The second-order valence-corrected chi connectivity index (χ2v) is 8.61. The zero-order valence-electron chi connectivity index (χ0n) is 15.3. The number of benzene rings is 1. The van der Waals surface area contributed by atoms with Crippen LogP contribution in [0, 0.1) is 16.6 Å². The van der Waals surface area contributed by atoms with Gasteiger partial charge in [0.25, 0.3) is 0 Å². The first-order valence-electron chi connectivity index (χ1n) is 8.48. The summed E-state index contributed by atoms with van der Waals surface area (Å²) in [6, 6.07) is 6.91. The molecule has 0 atom stereocenters. The van der Waals surface area contributed by atoms with Crippen molar-refractivity contribution in [3.05, 3.63) is 47.3 Å². The van der Waals surface area contributed by atoms with Gasteiger partial charge in [-0.05, 0) is 67.6 Å². The Kier molecular flexibility index (Phi) is 6.84. The molecule has 0 saturated heterocycles. The van der Waals surface area contributed by atoms with Crippen molar-refractivity contribution in [2.45, 2.75) is 73.6 Å². The Bertz CT molecular complexity index is 472. The number of hydrogen-bond donors (Lipinski definition) is 0. The first kappa shape index (κ1) is 18.9. The summed E-state index contributed by atoms with van der Waals surface area (Å²) < 4.78 is 12.9. The van der Waals surface area contributed by atoms with Crippen molar-refractivity contribution < 1.29 is 4.39 Å². The molecule has 0 unspecified atom stereocenters. The minimum absolute atomic E-state index is 0.152. The summed E-state index contributed by atoms with van der Waals surface area (Å²) in [7, 11) is 0. The highest BCUT2D eigenvalue weighted by molar-refractivity contribution is 5.16. The molecule has 0 amide bonds. The molecule has 0 aliphatic rings. The highest BCUT2D eigenvalue weighted by Gasteiger charge is 2.17. The van der Waals surface area contributed by atoms with E-state index in [1.165, 1.54) is 24.0 Å². The third kappa shape index (κ3) is 8.36. The first-order valence-corrected chi connectivity index (χ1v) is 8.48. The van der Waals surface area contributed by atoms with Gasteiger partial charge in [-0.1, -0.05) is 58.4 Å². The minimum Gasteiger partial charge on any atom is -0.207 e. The van der Waals surface area contributed by atoms with Crippen molar-refractivity contribution in [2.75, 3.05) is 0 Å². The van der Waals surface area contributed by atoms with Gasteiger partial charge in [0.1, 0.15) is 5.82 Å². The Morgan fingerprint density at radius 3 is 2.14 bits per heavy atom. The van der Waals surface area contributed by atoms with Crippen LogP contribution in [0.15, 0.2) is 35.9 Å². The van der Waals surface area contributed by atoms with E-state index in [0.29, 0.717) is 5.41 Å². The number of rotatable bonds is 7. The molecule has 0 saturated carbocycles. The Morgan fingerprint density at radius 1 is 1.00 bits per heavy atom. The zero-order chi connectivity index (χ0) is 16.8. The molecule has 0 N–H and O–H groups in total. The van der Waals surface area contributed by atoms with E-state index in [-0.39, 0.29) is 11.2 Å². The third-order valence-corrected chi connectivity index (χ3v) is 4.28. The predicted molar refractivity (Wildman–Crippen MR) is 95.6 cm³/mol. The van der Waals surface area contributed by atoms with Crippen molar-refractivity contribution >= 4 is 0 Å². The molecule has 1 heteroatoms. The molecular weight excluding hydrogens is 271 g/mol. The van der Waals surface area contributed by atoms with Crippen molar-refractivity contribution in [3.8, 4) is 0 Å². The molecular formula is C21H33F. The Morgan fingerprint density at radius 2 is 1.59 bits per heavy atom. The summed E-state index contributed by atoms with van der Waals surface area (Å²) in [5.41, 5.74) is 3.43. The molecule has 0 heterocycles. The Balaban J connectivity index is 2.44. The lowest BCUT2D eigenvalue weighted by Crippen LogP contribution is -2.12. The monoisotopic (exact) mass is 304 g/mol. The van der Waals surface area contributed by atoms with Crippen LogP contribution in [0.1, 0.15) is 72.8 Å². The van der Waals surface area contributed by atoms with Crippen LogP contribution in [-0.2, 0) is 6.42 Å². The van der Waals surface area contributed by atoms with Gasteiger partial charge in [-0.2, -0.15) is 0 Å². The fraction of sp³-hybridized carbons (Fsp3) is 0.619. The quantitative estimate of drug-likeness (QED) is 0.478. The Labute approximate surface area is 136 Å². The summed E-state index contributed by atoms with van der Waals surface area (Å²) in [5, 5.41) is 0. The highest BCUT2D eigenvalue weighted by atomic mass is 19.1. The maximum atomic E-state index is 12.9. The number of hydrogen-bond acceptors (Lipinski definition) is 0. The smallest absolute Gasteiger partial charge is 0.123 e. The highest BCUT2D eigenvalue weighted by Crippen LogP contribution is 2.29. The van der Waals surface area contributed by atoms with Crippen LogP contribution in [0.4, 0.5) is 4.39 Å². The second kappa shape index (κ2) is 7.94. The van der Waals surface area contributed by atoms with E-state index in [4.69, 9.17) is 0 Å². The standard InChI is InChI=1S/C21H33F/c1-17(11-14-20(2,3)4)12-15-21(5,6)16-13-18-7-9-19(22)10-8-18/h7-10,12H,11,13-16H2,1-6H3. The summed E-state index contributed by atoms with van der Waals surface area (Å²) in [6.07, 6.45) is 8.10. The van der Waals surface area contributed by atoms with Crippen LogP contribution in [0.25, 0.3) is 0 Å². The van der Waals surface area contributed by atoms with Gasteiger partial charge < -0.3 is 0 Å². The molecule has 0 radical (unpaired) electrons. The molecule has 0 fully saturated rings. The van der Waals surface area contributed by atoms with Crippen LogP contribution >= 0.6 is 0 Å². The number of aryl methyl sites for hydroxylation is 1. The van der Waals surface area contributed by atoms with E-state index >= 15 is 0 Å². The fourth-order valence-electron chi connectivity index (χ4n) is 2.36. The lowest BCUT2D eigenvalue weighted by Gasteiger charge is -2.24. The average molecular weight is 304 g/mol. The lowest BCUT2D eigenvalue weighted by molar-refractivity contribution is 0.338. The topological polar surface area (TPSA) is 0 Å². The molecule has 1 aromatic carbocycles. The van der Waals surface area contributed by atoms with E-state index in [1.54, 1.807) is 12.1 Å². The minimum atomic E-state index is -0.152. The van der Waals surface area contributed by atoms with E-state index in [9.17, 15) is 4.39 Å². The van der Waals surface area contributed by atoms with Gasteiger partial charge in [-0.15, -0.1) is 0 Å². The van der Waals surface area contributed by atoms with Gasteiger partial charge in [0.05, 0.1) is 0 Å². The van der Waals surface area contributed by atoms with Crippen LogP contribution in [-0.4, -0.2) is 0 Å². The Hall–Kier alpha value is -1.11. The SMILES string of the molecule is CC(=CCC(C)(C)CCc1ccc(F)cc1)CCC(C)(C)C. The van der Waals surface area contributed by atoms with E-state index in [0.717, 1.165) is 19.3 Å². The first-order chi connectivity index (χ1) is 10.1. The molecule has 0 aliphatic carbocycles. The molecule has 1 aromatic rings. The summed E-state index contributed by atoms with van der Waals surface area (Å²) in [5.74, 6) is -0.152. The van der Waals surface area contributed by atoms with Gasteiger partial charge in [0, 0.05) is 0 Å². The van der Waals surface area contributed by atoms with Crippen LogP contribution in [0.5, 0.6) is 0 Å².